The van der Waals surface area contributed by atoms with Crippen LogP contribution in [0.4, 0.5) is 0 Å². The van der Waals surface area contributed by atoms with Gasteiger partial charge in [0.05, 0.1) is 20.2 Å². The van der Waals surface area contributed by atoms with Crippen molar-refractivity contribution in [3.05, 3.63) is 76.5 Å². The Hall–Kier alpha value is -2.97. The molecular weight excluding hydrogens is 412 g/mol. The standard InChI is InChI=1S/C23H26N4O3S/c1-29-20-9-7-17(8-10-20)15-21-25-27(23(31)30-21)16-26-13-11-19(12-14-26)24-22(28)18-5-3-2-4-6-18/h2-10,19H,11-16H2,1H3,(H,24,28). The molecule has 1 N–H and O–H groups in total. The molecule has 4 rings (SSSR count). The van der Waals surface area contributed by atoms with E-state index in [0.29, 0.717) is 29.4 Å². The average molecular weight is 439 g/mol. The van der Waals surface area contributed by atoms with Gasteiger partial charge in [0.1, 0.15) is 5.75 Å². The Balaban J connectivity index is 1.28. The SMILES string of the molecule is COc1ccc(Cc2nn(CN3CCC(NC(=O)c4ccccc4)CC3)c(=S)o2)cc1. The number of methoxy groups -OCH3 is 1. The number of piperidine rings is 1. The van der Waals surface area contributed by atoms with Crippen LogP contribution in [0.2, 0.25) is 0 Å². The molecule has 1 saturated heterocycles. The lowest BCUT2D eigenvalue weighted by atomic mass is 10.0. The summed E-state index contributed by atoms with van der Waals surface area (Å²) in [6, 6.07) is 17.3. The lowest BCUT2D eigenvalue weighted by molar-refractivity contribution is 0.0895. The van der Waals surface area contributed by atoms with Crippen LogP contribution in [-0.2, 0) is 13.1 Å². The minimum absolute atomic E-state index is 0.0130. The molecule has 2 heterocycles. The predicted molar refractivity (Wildman–Crippen MR) is 120 cm³/mol. The van der Waals surface area contributed by atoms with Crippen molar-refractivity contribution in [1.29, 1.82) is 0 Å². The highest BCUT2D eigenvalue weighted by molar-refractivity contribution is 7.71. The van der Waals surface area contributed by atoms with Crippen molar-refractivity contribution >= 4 is 18.1 Å². The summed E-state index contributed by atoms with van der Waals surface area (Å²) in [6.45, 7) is 2.31. The molecule has 7 nitrogen and oxygen atoms in total. The summed E-state index contributed by atoms with van der Waals surface area (Å²) in [5.74, 6) is 1.40. The number of hydrogen-bond acceptors (Lipinski definition) is 6. The van der Waals surface area contributed by atoms with E-state index < -0.39 is 0 Å². The molecule has 162 valence electrons. The fraction of sp³-hybridized carbons (Fsp3) is 0.348. The second-order valence-electron chi connectivity index (χ2n) is 7.66. The van der Waals surface area contributed by atoms with Crippen molar-refractivity contribution in [2.45, 2.75) is 32.0 Å². The van der Waals surface area contributed by atoms with Gasteiger partial charge in [-0.1, -0.05) is 30.3 Å². The summed E-state index contributed by atoms with van der Waals surface area (Å²) in [4.78, 5) is 15.0. The van der Waals surface area contributed by atoms with Crippen molar-refractivity contribution in [2.24, 2.45) is 0 Å². The van der Waals surface area contributed by atoms with Gasteiger partial charge in [-0.2, -0.15) is 0 Å². The molecule has 8 heteroatoms. The molecule has 0 saturated carbocycles. The summed E-state index contributed by atoms with van der Waals surface area (Å²) < 4.78 is 12.6. The highest BCUT2D eigenvalue weighted by Crippen LogP contribution is 2.16. The van der Waals surface area contributed by atoms with Crippen LogP contribution in [0.25, 0.3) is 0 Å². The van der Waals surface area contributed by atoms with Gasteiger partial charge in [-0.3, -0.25) is 9.69 Å². The van der Waals surface area contributed by atoms with Gasteiger partial charge in [0.15, 0.2) is 0 Å². The fourth-order valence-corrected chi connectivity index (χ4v) is 3.89. The highest BCUT2D eigenvalue weighted by atomic mass is 32.1. The van der Waals surface area contributed by atoms with Crippen LogP contribution in [0.15, 0.2) is 59.0 Å². The minimum atomic E-state index is -0.0130. The number of hydrogen-bond donors (Lipinski definition) is 1. The van der Waals surface area contributed by atoms with E-state index in [0.717, 1.165) is 37.2 Å². The first kappa shape index (κ1) is 21.3. The van der Waals surface area contributed by atoms with E-state index in [2.05, 4.69) is 15.3 Å². The summed E-state index contributed by atoms with van der Waals surface area (Å²) in [5.41, 5.74) is 1.78. The number of nitrogens with one attached hydrogen (secondary N) is 1. The van der Waals surface area contributed by atoms with E-state index in [1.165, 1.54) is 0 Å². The van der Waals surface area contributed by atoms with Gasteiger partial charge in [-0.05, 0) is 54.9 Å². The number of amides is 1. The van der Waals surface area contributed by atoms with E-state index in [-0.39, 0.29) is 11.9 Å². The number of ether oxygens (including phenoxy) is 1. The van der Waals surface area contributed by atoms with Crippen LogP contribution in [0.5, 0.6) is 5.75 Å². The number of benzene rings is 2. The molecule has 31 heavy (non-hydrogen) atoms. The van der Waals surface area contributed by atoms with Gasteiger partial charge >= 0.3 is 0 Å². The largest absolute Gasteiger partial charge is 0.497 e. The Kier molecular flexibility index (Phi) is 6.79. The van der Waals surface area contributed by atoms with Gasteiger partial charge < -0.3 is 14.5 Å². The minimum Gasteiger partial charge on any atom is -0.497 e. The molecule has 0 radical (unpaired) electrons. The third-order valence-electron chi connectivity index (χ3n) is 5.46. The third-order valence-corrected chi connectivity index (χ3v) is 5.75. The van der Waals surface area contributed by atoms with E-state index in [1.807, 2.05) is 54.6 Å². The number of aromatic nitrogens is 2. The molecule has 3 aromatic rings. The molecule has 0 unspecified atom stereocenters. The summed E-state index contributed by atoms with van der Waals surface area (Å²) in [7, 11) is 1.65. The van der Waals surface area contributed by atoms with Gasteiger partial charge in [0, 0.05) is 24.7 Å². The van der Waals surface area contributed by atoms with Gasteiger partial charge in [-0.15, -0.1) is 5.10 Å². The first-order valence-electron chi connectivity index (χ1n) is 10.4. The normalized spacial score (nSPS) is 15.0. The molecule has 2 aromatic carbocycles. The Bertz CT molecular complexity index is 1050. The predicted octanol–water partition coefficient (Wildman–Crippen LogP) is 3.66. The summed E-state index contributed by atoms with van der Waals surface area (Å²) >= 11 is 5.36. The zero-order valence-corrected chi connectivity index (χ0v) is 18.3. The fourth-order valence-electron chi connectivity index (χ4n) is 3.69. The quantitative estimate of drug-likeness (QED) is 0.568. The first-order valence-corrected chi connectivity index (χ1v) is 10.8. The molecule has 0 bridgehead atoms. The van der Waals surface area contributed by atoms with Crippen molar-refractivity contribution < 1.29 is 13.9 Å². The number of carbonyl (C=O) groups excluding carboxylic acids is 1. The van der Waals surface area contributed by atoms with Crippen LogP contribution in [0, 0.1) is 4.84 Å². The van der Waals surface area contributed by atoms with Gasteiger partial charge in [0.2, 0.25) is 5.89 Å². The zero-order chi connectivity index (χ0) is 21.6. The van der Waals surface area contributed by atoms with Crippen molar-refractivity contribution in [3.8, 4) is 5.75 Å². The number of nitrogens with zero attached hydrogens (tertiary/aromatic N) is 3. The van der Waals surface area contributed by atoms with E-state index in [1.54, 1.807) is 11.8 Å². The number of likely N-dealkylation sites (tertiary alicyclic amines) is 1. The smallest absolute Gasteiger partial charge is 0.288 e. The zero-order valence-electron chi connectivity index (χ0n) is 17.5. The van der Waals surface area contributed by atoms with Crippen LogP contribution >= 0.6 is 12.2 Å². The Labute approximate surface area is 186 Å². The number of carbonyl (C=O) groups is 1. The molecule has 1 aliphatic heterocycles. The second kappa shape index (κ2) is 9.89. The van der Waals surface area contributed by atoms with Gasteiger partial charge in [-0.25, -0.2) is 4.68 Å². The monoisotopic (exact) mass is 438 g/mol. The molecular formula is C23H26N4O3S. The van der Waals surface area contributed by atoms with Crippen molar-refractivity contribution in [1.82, 2.24) is 20.0 Å². The molecule has 1 amide bonds. The molecule has 1 aliphatic rings. The van der Waals surface area contributed by atoms with Crippen molar-refractivity contribution in [3.63, 3.8) is 0 Å². The van der Waals surface area contributed by atoms with Gasteiger partial charge in [0.25, 0.3) is 10.7 Å². The van der Waals surface area contributed by atoms with Crippen LogP contribution in [-0.4, -0.2) is 46.8 Å². The molecule has 0 atom stereocenters. The topological polar surface area (TPSA) is 72.5 Å². The Morgan fingerprint density at radius 1 is 1.16 bits per heavy atom. The summed E-state index contributed by atoms with van der Waals surface area (Å²) in [5, 5.41) is 7.69. The Morgan fingerprint density at radius 2 is 1.87 bits per heavy atom. The average Bonchev–Trinajstić information content (AvgIpc) is 3.14. The maximum Gasteiger partial charge on any atom is 0.288 e. The first-order chi connectivity index (χ1) is 15.1. The molecule has 1 fully saturated rings. The lowest BCUT2D eigenvalue weighted by Crippen LogP contribution is -2.45. The molecule has 1 aromatic heterocycles. The molecule has 0 aliphatic carbocycles. The second-order valence-corrected chi connectivity index (χ2v) is 8.01. The summed E-state index contributed by atoms with van der Waals surface area (Å²) in [6.07, 6.45) is 2.36. The van der Waals surface area contributed by atoms with Crippen LogP contribution < -0.4 is 10.1 Å². The Morgan fingerprint density at radius 3 is 2.55 bits per heavy atom. The van der Waals surface area contributed by atoms with E-state index in [9.17, 15) is 4.79 Å². The van der Waals surface area contributed by atoms with E-state index in [4.69, 9.17) is 21.4 Å². The van der Waals surface area contributed by atoms with Crippen molar-refractivity contribution in [2.75, 3.05) is 20.2 Å². The van der Waals surface area contributed by atoms with Crippen LogP contribution in [0.1, 0.15) is 34.7 Å². The highest BCUT2D eigenvalue weighted by Gasteiger charge is 2.22. The van der Waals surface area contributed by atoms with E-state index >= 15 is 0 Å². The number of rotatable bonds is 7. The molecule has 0 spiro atoms. The van der Waals surface area contributed by atoms with Crippen LogP contribution in [0.3, 0.4) is 0 Å². The lowest BCUT2D eigenvalue weighted by Gasteiger charge is -2.31. The maximum absolute atomic E-state index is 12.3. The third kappa shape index (κ3) is 5.59. The maximum atomic E-state index is 12.3.